The molecule has 16 heavy (non-hydrogen) atoms. The van der Waals surface area contributed by atoms with Crippen molar-refractivity contribution in [1.82, 2.24) is 19.9 Å². The van der Waals surface area contributed by atoms with Crippen molar-refractivity contribution in [2.75, 3.05) is 0 Å². The Balaban J connectivity index is 2.62. The number of halogens is 4. The van der Waals surface area contributed by atoms with Crippen LogP contribution in [0, 0.1) is 12.2 Å². The Morgan fingerprint density at radius 3 is 2.25 bits per heavy atom. The standard InChI is InChI=1S/C8H2Cl2F2N4/c9-4-2-14-7(11)15-5(4)3-1-13-8(12)16-6(3)10/h1-2H. The van der Waals surface area contributed by atoms with E-state index in [1.807, 2.05) is 0 Å². The summed E-state index contributed by atoms with van der Waals surface area (Å²) in [6.07, 6.45) is 0.177. The predicted molar refractivity (Wildman–Crippen MR) is 53.0 cm³/mol. The van der Waals surface area contributed by atoms with Gasteiger partial charge in [0.25, 0.3) is 0 Å². The van der Waals surface area contributed by atoms with E-state index in [1.54, 1.807) is 0 Å². The van der Waals surface area contributed by atoms with Crippen LogP contribution < -0.4 is 0 Å². The third-order valence-electron chi connectivity index (χ3n) is 1.68. The van der Waals surface area contributed by atoms with E-state index >= 15 is 0 Å². The number of rotatable bonds is 1. The van der Waals surface area contributed by atoms with Gasteiger partial charge < -0.3 is 0 Å². The van der Waals surface area contributed by atoms with Crippen LogP contribution in [0.4, 0.5) is 8.78 Å². The first-order chi connectivity index (χ1) is 7.58. The smallest absolute Gasteiger partial charge is 0.210 e. The lowest BCUT2D eigenvalue weighted by Gasteiger charge is -2.03. The topological polar surface area (TPSA) is 51.6 Å². The van der Waals surface area contributed by atoms with E-state index < -0.39 is 12.2 Å². The molecule has 0 radical (unpaired) electrons. The Bertz CT molecular complexity index is 550. The Hall–Kier alpha value is -1.40. The van der Waals surface area contributed by atoms with Crippen LogP contribution in [0.1, 0.15) is 0 Å². The van der Waals surface area contributed by atoms with Crippen molar-refractivity contribution >= 4 is 23.2 Å². The van der Waals surface area contributed by atoms with Gasteiger partial charge in [0.05, 0.1) is 22.5 Å². The van der Waals surface area contributed by atoms with E-state index in [2.05, 4.69) is 19.9 Å². The fraction of sp³-hybridized carbons (Fsp3) is 0. The first-order valence-corrected chi connectivity index (χ1v) is 4.70. The first-order valence-electron chi connectivity index (χ1n) is 3.94. The van der Waals surface area contributed by atoms with Crippen LogP contribution in [0.25, 0.3) is 11.3 Å². The molecule has 0 aliphatic carbocycles. The minimum absolute atomic E-state index is 0.0131. The van der Waals surface area contributed by atoms with Crippen LogP contribution in [0.3, 0.4) is 0 Å². The van der Waals surface area contributed by atoms with Crippen LogP contribution in [-0.4, -0.2) is 19.9 Å². The van der Waals surface area contributed by atoms with Gasteiger partial charge >= 0.3 is 12.2 Å². The van der Waals surface area contributed by atoms with Crippen molar-refractivity contribution in [3.05, 3.63) is 34.7 Å². The molecule has 8 heteroatoms. The maximum Gasteiger partial charge on any atom is 0.310 e. The maximum atomic E-state index is 12.8. The van der Waals surface area contributed by atoms with Gasteiger partial charge in [-0.1, -0.05) is 23.2 Å². The monoisotopic (exact) mass is 262 g/mol. The molecule has 0 aliphatic rings. The lowest BCUT2D eigenvalue weighted by molar-refractivity contribution is 0.536. The van der Waals surface area contributed by atoms with Gasteiger partial charge in [-0.3, -0.25) is 0 Å². The molecule has 2 aromatic rings. The van der Waals surface area contributed by atoms with E-state index in [0.717, 1.165) is 12.4 Å². The second kappa shape index (κ2) is 4.23. The highest BCUT2D eigenvalue weighted by atomic mass is 35.5. The molecule has 82 valence electrons. The van der Waals surface area contributed by atoms with Crippen molar-refractivity contribution in [3.8, 4) is 11.3 Å². The molecule has 0 unspecified atom stereocenters. The van der Waals surface area contributed by atoms with E-state index in [1.165, 1.54) is 0 Å². The molecular weight excluding hydrogens is 261 g/mol. The van der Waals surface area contributed by atoms with Crippen molar-refractivity contribution in [3.63, 3.8) is 0 Å². The van der Waals surface area contributed by atoms with Gasteiger partial charge in [0.2, 0.25) is 0 Å². The second-order valence-electron chi connectivity index (χ2n) is 2.68. The Morgan fingerprint density at radius 1 is 0.938 bits per heavy atom. The molecule has 0 aromatic carbocycles. The fourth-order valence-electron chi connectivity index (χ4n) is 1.03. The van der Waals surface area contributed by atoms with Gasteiger partial charge in [0.15, 0.2) is 0 Å². The summed E-state index contributed by atoms with van der Waals surface area (Å²) in [6, 6.07) is 0. The predicted octanol–water partition coefficient (Wildman–Crippen LogP) is 2.52. The molecule has 4 nitrogen and oxygen atoms in total. The molecule has 0 amide bonds. The zero-order valence-corrected chi connectivity index (χ0v) is 8.97. The Labute approximate surface area is 98.3 Å². The lowest BCUT2D eigenvalue weighted by atomic mass is 10.2. The van der Waals surface area contributed by atoms with Gasteiger partial charge in [0.1, 0.15) is 5.15 Å². The number of hydrogen-bond acceptors (Lipinski definition) is 4. The van der Waals surface area contributed by atoms with Crippen molar-refractivity contribution in [1.29, 1.82) is 0 Å². The molecule has 0 spiro atoms. The van der Waals surface area contributed by atoms with E-state index in [0.29, 0.717) is 0 Å². The number of aromatic nitrogens is 4. The zero-order chi connectivity index (χ0) is 11.7. The first kappa shape index (κ1) is 11.1. The van der Waals surface area contributed by atoms with Crippen molar-refractivity contribution in [2.24, 2.45) is 0 Å². The van der Waals surface area contributed by atoms with E-state index in [-0.39, 0.29) is 21.4 Å². The molecular formula is C8H2Cl2F2N4. The quantitative estimate of drug-likeness (QED) is 0.586. The molecule has 0 N–H and O–H groups in total. The molecule has 0 bridgehead atoms. The van der Waals surface area contributed by atoms with Crippen LogP contribution in [-0.2, 0) is 0 Å². The van der Waals surface area contributed by atoms with E-state index in [4.69, 9.17) is 23.2 Å². The van der Waals surface area contributed by atoms with Crippen LogP contribution >= 0.6 is 23.2 Å². The summed E-state index contributed by atoms with van der Waals surface area (Å²) >= 11 is 11.4. The highest BCUT2D eigenvalue weighted by Crippen LogP contribution is 2.29. The lowest BCUT2D eigenvalue weighted by Crippen LogP contribution is -1.97. The molecule has 0 aliphatic heterocycles. The highest BCUT2D eigenvalue weighted by Gasteiger charge is 2.13. The average molecular weight is 263 g/mol. The van der Waals surface area contributed by atoms with Gasteiger partial charge in [-0.15, -0.1) is 0 Å². The summed E-state index contributed by atoms with van der Waals surface area (Å²) in [5.74, 6) is 0. The molecule has 0 saturated heterocycles. The molecule has 2 aromatic heterocycles. The summed E-state index contributed by atoms with van der Waals surface area (Å²) in [6.45, 7) is 0. The van der Waals surface area contributed by atoms with Gasteiger partial charge in [-0.25, -0.2) is 15.0 Å². The number of hydrogen-bond donors (Lipinski definition) is 0. The van der Waals surface area contributed by atoms with Crippen molar-refractivity contribution < 1.29 is 8.78 Å². The summed E-state index contributed by atoms with van der Waals surface area (Å²) in [7, 11) is 0. The second-order valence-corrected chi connectivity index (χ2v) is 3.44. The Kier molecular flexibility index (Phi) is 2.93. The summed E-state index contributed by atoms with van der Waals surface area (Å²) in [4.78, 5) is 13.2. The molecule has 2 rings (SSSR count). The maximum absolute atomic E-state index is 12.8. The SMILES string of the molecule is Fc1ncc(-c2nc(F)ncc2Cl)c(Cl)n1. The zero-order valence-electron chi connectivity index (χ0n) is 7.46. The summed E-state index contributed by atoms with van der Waals surface area (Å²) in [5.41, 5.74) is 0.147. The molecule has 0 atom stereocenters. The normalized spacial score (nSPS) is 10.5. The van der Waals surface area contributed by atoms with Crippen molar-refractivity contribution in [2.45, 2.75) is 0 Å². The highest BCUT2D eigenvalue weighted by molar-refractivity contribution is 6.35. The van der Waals surface area contributed by atoms with Gasteiger partial charge in [-0.05, 0) is 0 Å². The summed E-state index contributed by atoms with van der Waals surface area (Å²) in [5, 5.41) is -0.133. The molecule has 0 saturated carbocycles. The largest absolute Gasteiger partial charge is 0.310 e. The minimum atomic E-state index is -0.987. The van der Waals surface area contributed by atoms with Crippen LogP contribution in [0.2, 0.25) is 10.2 Å². The Morgan fingerprint density at radius 2 is 1.56 bits per heavy atom. The number of nitrogens with zero attached hydrogens (tertiary/aromatic N) is 4. The molecule has 2 heterocycles. The third kappa shape index (κ3) is 2.07. The van der Waals surface area contributed by atoms with E-state index in [9.17, 15) is 8.78 Å². The fourth-order valence-corrected chi connectivity index (χ4v) is 1.44. The van der Waals surface area contributed by atoms with Gasteiger partial charge in [0, 0.05) is 6.20 Å². The third-order valence-corrected chi connectivity index (χ3v) is 2.25. The van der Waals surface area contributed by atoms with Crippen LogP contribution in [0.5, 0.6) is 0 Å². The minimum Gasteiger partial charge on any atom is -0.210 e. The molecule has 0 fully saturated rings. The van der Waals surface area contributed by atoms with Crippen LogP contribution in [0.15, 0.2) is 12.4 Å². The average Bonchev–Trinajstić information content (AvgIpc) is 2.22. The van der Waals surface area contributed by atoms with Gasteiger partial charge in [-0.2, -0.15) is 13.8 Å². The summed E-state index contributed by atoms with van der Waals surface area (Å²) < 4.78 is 25.4.